The summed E-state index contributed by atoms with van der Waals surface area (Å²) in [6.45, 7) is 7.07. The van der Waals surface area contributed by atoms with Gasteiger partial charge in [-0.15, -0.1) is 0 Å². The van der Waals surface area contributed by atoms with Crippen LogP contribution in [-0.4, -0.2) is 6.10 Å². The highest BCUT2D eigenvalue weighted by Crippen LogP contribution is 2.68. The summed E-state index contributed by atoms with van der Waals surface area (Å²) in [5.74, 6) is 0.669. The summed E-state index contributed by atoms with van der Waals surface area (Å²) in [6.07, 6.45) is 3.50. The summed E-state index contributed by atoms with van der Waals surface area (Å²) in [7, 11) is -3.10. The molecule has 3 heteroatoms. The van der Waals surface area contributed by atoms with Crippen molar-refractivity contribution < 1.29 is 9.09 Å². The molecule has 2 aromatic carbocycles. The molecule has 2 fully saturated rings. The minimum Gasteiger partial charge on any atom is -0.318 e. The van der Waals surface area contributed by atoms with Crippen molar-refractivity contribution >= 4 is 18.0 Å². The Morgan fingerprint density at radius 2 is 1.44 bits per heavy atom. The monoisotopic (exact) mass is 354 g/mol. The molecule has 2 aliphatic carbocycles. The number of rotatable bonds is 4. The third-order valence-electron chi connectivity index (χ3n) is 7.18. The van der Waals surface area contributed by atoms with E-state index in [9.17, 15) is 4.57 Å². The van der Waals surface area contributed by atoms with E-state index in [1.165, 1.54) is 12.8 Å². The first-order valence-electron chi connectivity index (χ1n) is 9.28. The van der Waals surface area contributed by atoms with E-state index in [1.807, 2.05) is 60.7 Å². The van der Waals surface area contributed by atoms with Crippen LogP contribution in [0.25, 0.3) is 0 Å². The van der Waals surface area contributed by atoms with E-state index in [1.54, 1.807) is 0 Å². The van der Waals surface area contributed by atoms with Gasteiger partial charge < -0.3 is 4.52 Å². The Morgan fingerprint density at radius 3 is 1.84 bits per heavy atom. The zero-order valence-corrected chi connectivity index (χ0v) is 16.2. The summed E-state index contributed by atoms with van der Waals surface area (Å²) in [5.41, 5.74) is 0.340. The molecule has 0 aliphatic heterocycles. The van der Waals surface area contributed by atoms with Gasteiger partial charge in [0, 0.05) is 10.6 Å². The van der Waals surface area contributed by atoms with Crippen LogP contribution < -0.4 is 10.6 Å². The Labute approximate surface area is 151 Å². The Hall–Kier alpha value is -1.37. The molecule has 0 spiro atoms. The van der Waals surface area contributed by atoms with Gasteiger partial charge in [-0.05, 0) is 60.3 Å². The van der Waals surface area contributed by atoms with Crippen molar-refractivity contribution in [2.24, 2.45) is 16.7 Å². The van der Waals surface area contributed by atoms with Crippen LogP contribution in [0.4, 0.5) is 0 Å². The molecule has 0 heterocycles. The number of hydrogen-bond acceptors (Lipinski definition) is 2. The van der Waals surface area contributed by atoms with E-state index in [2.05, 4.69) is 20.8 Å². The molecule has 2 nitrogen and oxygen atoms in total. The molecule has 0 saturated heterocycles. The van der Waals surface area contributed by atoms with Crippen LogP contribution in [0.1, 0.15) is 40.0 Å². The van der Waals surface area contributed by atoms with Crippen LogP contribution in [0.3, 0.4) is 0 Å². The molecular weight excluding hydrogens is 327 g/mol. The van der Waals surface area contributed by atoms with Crippen LogP contribution >= 0.6 is 7.37 Å². The van der Waals surface area contributed by atoms with Gasteiger partial charge in [0.05, 0.1) is 6.10 Å². The fourth-order valence-corrected chi connectivity index (χ4v) is 7.34. The number of fused-ring (bicyclic) bond motifs is 2. The van der Waals surface area contributed by atoms with Crippen LogP contribution in [0.15, 0.2) is 60.7 Å². The molecule has 25 heavy (non-hydrogen) atoms. The molecule has 0 radical (unpaired) electrons. The molecule has 0 aromatic heterocycles. The highest BCUT2D eigenvalue weighted by Gasteiger charge is 2.63. The second kappa shape index (κ2) is 5.83. The molecule has 2 bridgehead atoms. The lowest BCUT2D eigenvalue weighted by atomic mass is 9.70. The van der Waals surface area contributed by atoms with Gasteiger partial charge in [-0.3, -0.25) is 4.57 Å². The van der Waals surface area contributed by atoms with E-state index in [4.69, 9.17) is 4.52 Å². The van der Waals surface area contributed by atoms with Crippen molar-refractivity contribution in [3.8, 4) is 0 Å². The van der Waals surface area contributed by atoms with Gasteiger partial charge >= 0.3 is 0 Å². The number of hydrogen-bond donors (Lipinski definition) is 0. The highest BCUT2D eigenvalue weighted by molar-refractivity contribution is 7.74. The van der Waals surface area contributed by atoms with Crippen LogP contribution in [0.5, 0.6) is 0 Å². The largest absolute Gasteiger partial charge is 0.318 e. The summed E-state index contributed by atoms with van der Waals surface area (Å²) in [4.78, 5) is 0. The predicted octanol–water partition coefficient (Wildman–Crippen LogP) is 5.15. The molecule has 0 unspecified atom stereocenters. The van der Waals surface area contributed by atoms with Crippen molar-refractivity contribution in [2.45, 2.75) is 46.1 Å². The second-order valence-electron chi connectivity index (χ2n) is 8.43. The van der Waals surface area contributed by atoms with Crippen molar-refractivity contribution in [3.63, 3.8) is 0 Å². The highest BCUT2D eigenvalue weighted by atomic mass is 31.2. The first kappa shape index (κ1) is 17.1. The van der Waals surface area contributed by atoms with Crippen LogP contribution in [0.2, 0.25) is 0 Å². The van der Waals surface area contributed by atoms with E-state index in [-0.39, 0.29) is 16.9 Å². The van der Waals surface area contributed by atoms with E-state index < -0.39 is 7.37 Å². The Kier molecular flexibility index (Phi) is 3.98. The van der Waals surface area contributed by atoms with Crippen molar-refractivity contribution in [2.75, 3.05) is 0 Å². The fraction of sp³-hybridized carbons (Fsp3) is 0.455. The van der Waals surface area contributed by atoms with Crippen LogP contribution in [0, 0.1) is 16.7 Å². The topological polar surface area (TPSA) is 26.3 Å². The third-order valence-corrected chi connectivity index (χ3v) is 9.69. The summed E-state index contributed by atoms with van der Waals surface area (Å²) < 4.78 is 20.8. The molecule has 0 amide bonds. The third kappa shape index (κ3) is 2.46. The zero-order valence-electron chi connectivity index (χ0n) is 15.3. The number of benzene rings is 2. The maximum atomic E-state index is 14.2. The maximum Gasteiger partial charge on any atom is 0.261 e. The lowest BCUT2D eigenvalue weighted by Gasteiger charge is -2.40. The van der Waals surface area contributed by atoms with Crippen molar-refractivity contribution in [3.05, 3.63) is 60.7 Å². The second-order valence-corrected chi connectivity index (χ2v) is 10.8. The smallest absolute Gasteiger partial charge is 0.261 e. The molecule has 0 N–H and O–H groups in total. The minimum absolute atomic E-state index is 0.0486. The molecular formula is C22H27O2P. The Bertz CT molecular complexity index is 756. The van der Waals surface area contributed by atoms with E-state index >= 15 is 0 Å². The van der Waals surface area contributed by atoms with E-state index in [0.717, 1.165) is 17.0 Å². The first-order valence-corrected chi connectivity index (χ1v) is 10.9. The van der Waals surface area contributed by atoms with Crippen molar-refractivity contribution in [1.29, 1.82) is 0 Å². The maximum absolute atomic E-state index is 14.2. The fourth-order valence-electron chi connectivity index (χ4n) is 4.99. The van der Waals surface area contributed by atoms with E-state index in [0.29, 0.717) is 5.92 Å². The summed E-state index contributed by atoms with van der Waals surface area (Å²) >= 11 is 0. The molecule has 2 saturated carbocycles. The first-order chi connectivity index (χ1) is 11.9. The average Bonchev–Trinajstić information content (AvgIpc) is 2.96. The van der Waals surface area contributed by atoms with Gasteiger partial charge in [-0.1, -0.05) is 57.2 Å². The van der Waals surface area contributed by atoms with Gasteiger partial charge in [-0.25, -0.2) is 0 Å². The standard InChI is InChI=1S/C22H27O2P/c1-21(2)17-14-15-22(21,3)20(16-17)24-25(23,18-10-6-4-7-11-18)19-12-8-5-9-13-19/h4-13,17,20H,14-16H2,1-3H3/t17-,20-,22-/m1/s1. The normalized spacial score (nSPS) is 30.5. The van der Waals surface area contributed by atoms with Gasteiger partial charge in [0.15, 0.2) is 0 Å². The summed E-state index contributed by atoms with van der Waals surface area (Å²) in [5, 5.41) is 1.59. The molecule has 2 aromatic rings. The minimum atomic E-state index is -3.10. The SMILES string of the molecule is CC1(C)[C@@H]2CC[C@]1(C)[C@H](OP(=O)(c1ccccc1)c1ccccc1)C2. The molecule has 3 atom stereocenters. The van der Waals surface area contributed by atoms with Crippen molar-refractivity contribution in [1.82, 2.24) is 0 Å². The average molecular weight is 354 g/mol. The van der Waals surface area contributed by atoms with Gasteiger partial charge in [-0.2, -0.15) is 0 Å². The van der Waals surface area contributed by atoms with Gasteiger partial charge in [0.25, 0.3) is 7.37 Å². The molecule has 2 aliphatic rings. The molecule has 4 rings (SSSR count). The van der Waals surface area contributed by atoms with Gasteiger partial charge in [0.2, 0.25) is 0 Å². The van der Waals surface area contributed by atoms with Gasteiger partial charge in [0.1, 0.15) is 0 Å². The zero-order chi connectivity index (χ0) is 17.7. The Balaban J connectivity index is 1.76. The lowest BCUT2D eigenvalue weighted by Crippen LogP contribution is -2.38. The van der Waals surface area contributed by atoms with Crippen LogP contribution in [-0.2, 0) is 9.09 Å². The molecule has 132 valence electrons. The Morgan fingerprint density at radius 1 is 0.920 bits per heavy atom. The lowest BCUT2D eigenvalue weighted by molar-refractivity contribution is 0.0347. The predicted molar refractivity (Wildman–Crippen MR) is 104 cm³/mol. The summed E-state index contributed by atoms with van der Waals surface area (Å²) in [6, 6.07) is 19.5. The quantitative estimate of drug-likeness (QED) is 0.710.